The van der Waals surface area contributed by atoms with Gasteiger partial charge in [-0.05, 0) is 45.2 Å². The maximum absolute atomic E-state index is 5.14. The van der Waals surface area contributed by atoms with Crippen molar-refractivity contribution in [3.8, 4) is 0 Å². The number of rotatable bonds is 6. The zero-order valence-electron chi connectivity index (χ0n) is 17.2. The van der Waals surface area contributed by atoms with E-state index in [4.69, 9.17) is 4.74 Å². The molecular formula is C19H35N7O. The van der Waals surface area contributed by atoms with Crippen molar-refractivity contribution in [1.29, 1.82) is 0 Å². The van der Waals surface area contributed by atoms with Crippen molar-refractivity contribution in [1.82, 2.24) is 30.3 Å². The van der Waals surface area contributed by atoms with Crippen LogP contribution in [0.25, 0.3) is 0 Å². The first-order chi connectivity index (χ1) is 13.1. The van der Waals surface area contributed by atoms with Gasteiger partial charge in [-0.25, -0.2) is 9.67 Å². The topological polar surface area (TPSA) is 79.6 Å². The number of hydrogen-bond acceptors (Lipinski definition) is 5. The summed E-state index contributed by atoms with van der Waals surface area (Å²) in [6, 6.07) is 0.827. The molecule has 2 aliphatic rings. The third-order valence-corrected chi connectivity index (χ3v) is 5.75. The summed E-state index contributed by atoms with van der Waals surface area (Å²) in [6.45, 7) is 9.26. The maximum Gasteiger partial charge on any atom is 0.191 e. The SMILES string of the molecule is CN=C(NCC(C)N1CCC(C)CC1)NC1CCc2nc(COC)nn2C1. The van der Waals surface area contributed by atoms with E-state index < -0.39 is 0 Å². The fourth-order valence-corrected chi connectivity index (χ4v) is 3.90. The van der Waals surface area contributed by atoms with Gasteiger partial charge in [0.25, 0.3) is 0 Å². The zero-order chi connectivity index (χ0) is 19.2. The van der Waals surface area contributed by atoms with Gasteiger partial charge in [0.1, 0.15) is 12.4 Å². The minimum atomic E-state index is 0.312. The highest BCUT2D eigenvalue weighted by Crippen LogP contribution is 2.17. The van der Waals surface area contributed by atoms with Crippen LogP contribution < -0.4 is 10.6 Å². The zero-order valence-corrected chi connectivity index (χ0v) is 17.2. The Morgan fingerprint density at radius 1 is 1.33 bits per heavy atom. The van der Waals surface area contributed by atoms with E-state index in [9.17, 15) is 0 Å². The van der Waals surface area contributed by atoms with Crippen LogP contribution in [0.2, 0.25) is 0 Å². The molecule has 0 spiro atoms. The van der Waals surface area contributed by atoms with Crippen molar-refractivity contribution >= 4 is 5.96 Å². The van der Waals surface area contributed by atoms with Crippen LogP contribution in [-0.2, 0) is 24.3 Å². The van der Waals surface area contributed by atoms with Crippen LogP contribution in [0.3, 0.4) is 0 Å². The van der Waals surface area contributed by atoms with E-state index in [1.54, 1.807) is 7.11 Å². The van der Waals surface area contributed by atoms with E-state index in [2.05, 4.69) is 44.5 Å². The average Bonchev–Trinajstić information content (AvgIpc) is 3.07. The van der Waals surface area contributed by atoms with Crippen molar-refractivity contribution < 1.29 is 4.74 Å². The molecule has 152 valence electrons. The van der Waals surface area contributed by atoms with Crippen molar-refractivity contribution in [2.75, 3.05) is 33.8 Å². The normalized spacial score (nSPS) is 23.1. The van der Waals surface area contributed by atoms with Gasteiger partial charge in [-0.3, -0.25) is 9.89 Å². The Morgan fingerprint density at radius 3 is 2.81 bits per heavy atom. The van der Waals surface area contributed by atoms with E-state index in [1.165, 1.54) is 25.9 Å². The predicted octanol–water partition coefficient (Wildman–Crippen LogP) is 1.02. The molecule has 1 fully saturated rings. The second-order valence-electron chi connectivity index (χ2n) is 7.96. The molecule has 2 atom stereocenters. The highest BCUT2D eigenvalue weighted by atomic mass is 16.5. The number of ether oxygens (including phenoxy) is 1. The van der Waals surface area contributed by atoms with Crippen LogP contribution in [0.15, 0.2) is 4.99 Å². The summed E-state index contributed by atoms with van der Waals surface area (Å²) in [5.74, 6) is 3.56. The molecule has 1 aromatic heterocycles. The molecule has 1 aromatic rings. The first-order valence-corrected chi connectivity index (χ1v) is 10.2. The Bertz CT molecular complexity index is 622. The fourth-order valence-electron chi connectivity index (χ4n) is 3.90. The van der Waals surface area contributed by atoms with Gasteiger partial charge in [0.05, 0.1) is 6.54 Å². The second kappa shape index (κ2) is 9.50. The number of nitrogens with zero attached hydrogens (tertiary/aromatic N) is 5. The Labute approximate surface area is 162 Å². The van der Waals surface area contributed by atoms with E-state index in [-0.39, 0.29) is 0 Å². The van der Waals surface area contributed by atoms with Gasteiger partial charge in [0, 0.05) is 39.2 Å². The quantitative estimate of drug-likeness (QED) is 0.569. The van der Waals surface area contributed by atoms with Crippen molar-refractivity contribution in [2.24, 2.45) is 10.9 Å². The van der Waals surface area contributed by atoms with Crippen LogP contribution in [-0.4, -0.2) is 71.5 Å². The first-order valence-electron chi connectivity index (χ1n) is 10.2. The van der Waals surface area contributed by atoms with Crippen LogP contribution >= 0.6 is 0 Å². The first kappa shape index (κ1) is 20.1. The lowest BCUT2D eigenvalue weighted by Gasteiger charge is -2.35. The lowest BCUT2D eigenvalue weighted by molar-refractivity contribution is 0.147. The molecular weight excluding hydrogens is 342 g/mol. The number of aliphatic imine (C=N–C) groups is 1. The summed E-state index contributed by atoms with van der Waals surface area (Å²) < 4.78 is 7.14. The van der Waals surface area contributed by atoms with Crippen LogP contribution in [0.4, 0.5) is 0 Å². The van der Waals surface area contributed by atoms with Crippen LogP contribution in [0.1, 0.15) is 44.8 Å². The summed E-state index contributed by atoms with van der Waals surface area (Å²) >= 11 is 0. The molecule has 0 amide bonds. The molecule has 0 radical (unpaired) electrons. The number of nitrogens with one attached hydrogen (secondary N) is 2. The third kappa shape index (κ3) is 5.42. The molecule has 0 bridgehead atoms. The largest absolute Gasteiger partial charge is 0.377 e. The number of guanidine groups is 1. The van der Waals surface area contributed by atoms with E-state index in [0.717, 1.165) is 49.5 Å². The summed E-state index contributed by atoms with van der Waals surface area (Å²) in [5.41, 5.74) is 0. The van der Waals surface area contributed by atoms with Gasteiger partial charge in [0.2, 0.25) is 0 Å². The summed E-state index contributed by atoms with van der Waals surface area (Å²) in [6.07, 6.45) is 4.58. The highest BCUT2D eigenvalue weighted by molar-refractivity contribution is 5.80. The monoisotopic (exact) mass is 377 g/mol. The fraction of sp³-hybridized carbons (Fsp3) is 0.842. The Kier molecular flexibility index (Phi) is 7.07. The number of likely N-dealkylation sites (tertiary alicyclic amines) is 1. The summed E-state index contributed by atoms with van der Waals surface area (Å²) in [7, 11) is 3.51. The second-order valence-corrected chi connectivity index (χ2v) is 7.96. The number of methoxy groups -OCH3 is 1. The Morgan fingerprint density at radius 2 is 2.11 bits per heavy atom. The lowest BCUT2D eigenvalue weighted by Crippen LogP contribution is -2.51. The Hall–Kier alpha value is -1.67. The van der Waals surface area contributed by atoms with Crippen LogP contribution in [0, 0.1) is 5.92 Å². The van der Waals surface area contributed by atoms with Crippen molar-refractivity contribution in [2.45, 2.75) is 64.8 Å². The lowest BCUT2D eigenvalue weighted by atomic mass is 9.98. The van der Waals surface area contributed by atoms with Gasteiger partial charge in [-0.1, -0.05) is 6.92 Å². The van der Waals surface area contributed by atoms with Gasteiger partial charge in [-0.2, -0.15) is 5.10 Å². The summed E-state index contributed by atoms with van der Waals surface area (Å²) in [5, 5.41) is 11.6. The molecule has 1 saturated heterocycles. The van der Waals surface area contributed by atoms with Crippen molar-refractivity contribution in [3.63, 3.8) is 0 Å². The molecule has 2 N–H and O–H groups in total. The van der Waals surface area contributed by atoms with E-state index in [0.29, 0.717) is 18.7 Å². The molecule has 8 heteroatoms. The molecule has 2 unspecified atom stereocenters. The predicted molar refractivity (Wildman–Crippen MR) is 107 cm³/mol. The van der Waals surface area contributed by atoms with Gasteiger partial charge < -0.3 is 15.4 Å². The minimum absolute atomic E-state index is 0.312. The molecule has 2 aliphatic heterocycles. The van der Waals surface area contributed by atoms with Gasteiger partial charge in [-0.15, -0.1) is 0 Å². The van der Waals surface area contributed by atoms with E-state index in [1.807, 2.05) is 11.7 Å². The molecule has 0 aliphatic carbocycles. The molecule has 0 aromatic carbocycles. The molecule has 3 heterocycles. The number of fused-ring (bicyclic) bond motifs is 1. The standard InChI is InChI=1S/C19H35N7O/c1-14-7-9-25(10-8-14)15(2)11-21-19(20-3)22-16-5-6-18-23-17(13-27-4)24-26(18)12-16/h14-16H,5-13H2,1-4H3,(H2,20,21,22). The minimum Gasteiger partial charge on any atom is -0.377 e. The molecule has 0 saturated carbocycles. The molecule has 3 rings (SSSR count). The van der Waals surface area contributed by atoms with Crippen LogP contribution in [0.5, 0.6) is 0 Å². The molecule has 8 nitrogen and oxygen atoms in total. The molecule has 27 heavy (non-hydrogen) atoms. The number of aromatic nitrogens is 3. The number of hydrogen-bond donors (Lipinski definition) is 2. The number of piperidine rings is 1. The maximum atomic E-state index is 5.14. The Balaban J connectivity index is 1.46. The van der Waals surface area contributed by atoms with E-state index >= 15 is 0 Å². The number of aryl methyl sites for hydroxylation is 1. The highest BCUT2D eigenvalue weighted by Gasteiger charge is 2.23. The van der Waals surface area contributed by atoms with Gasteiger partial charge in [0.15, 0.2) is 11.8 Å². The van der Waals surface area contributed by atoms with Crippen molar-refractivity contribution in [3.05, 3.63) is 11.6 Å². The third-order valence-electron chi connectivity index (χ3n) is 5.75. The smallest absolute Gasteiger partial charge is 0.191 e. The van der Waals surface area contributed by atoms with Gasteiger partial charge >= 0.3 is 0 Å². The summed E-state index contributed by atoms with van der Waals surface area (Å²) in [4.78, 5) is 11.5. The average molecular weight is 378 g/mol.